The van der Waals surface area contributed by atoms with Gasteiger partial charge in [0.05, 0.1) is 5.69 Å². The van der Waals surface area contributed by atoms with Crippen molar-refractivity contribution in [3.63, 3.8) is 0 Å². The number of carbonyl (C=O) groups excluding carboxylic acids is 1. The Balaban J connectivity index is 1.64. The Morgan fingerprint density at radius 1 is 1.35 bits per heavy atom. The second kappa shape index (κ2) is 5.75. The fraction of sp³-hybridized carbons (Fsp3) is 0.500. The van der Waals surface area contributed by atoms with E-state index in [1.165, 1.54) is 37.0 Å². The highest BCUT2D eigenvalue weighted by Gasteiger charge is 2.19. The molecule has 3 N–H and O–H groups in total. The smallest absolute Gasteiger partial charge is 0.263 e. The zero-order valence-electron chi connectivity index (χ0n) is 11.3. The molecule has 0 bridgehead atoms. The number of nitrogens with two attached hydrogens (primary N) is 1. The van der Waals surface area contributed by atoms with Gasteiger partial charge in [0.25, 0.3) is 5.91 Å². The molecule has 0 atom stereocenters. The normalized spacial score (nSPS) is 15.8. The lowest BCUT2D eigenvalue weighted by atomic mass is 10.0. The van der Waals surface area contributed by atoms with Crippen molar-refractivity contribution >= 4 is 33.3 Å². The summed E-state index contributed by atoms with van der Waals surface area (Å²) in [5.74, 6) is 0.670. The average molecular weight is 290 g/mol. The van der Waals surface area contributed by atoms with Crippen molar-refractivity contribution in [3.8, 4) is 0 Å². The van der Waals surface area contributed by atoms with Crippen LogP contribution in [-0.2, 0) is 0 Å². The summed E-state index contributed by atoms with van der Waals surface area (Å²) < 4.78 is 0. The second-order valence-electron chi connectivity index (χ2n) is 5.25. The number of hydrogen-bond donors (Lipinski definition) is 2. The molecule has 2 aromatic heterocycles. The molecule has 6 heteroatoms. The van der Waals surface area contributed by atoms with E-state index in [0.29, 0.717) is 20.9 Å². The van der Waals surface area contributed by atoms with E-state index < -0.39 is 0 Å². The molecule has 0 saturated heterocycles. The molecule has 5 nitrogen and oxygen atoms in total. The minimum atomic E-state index is -0.106. The number of carbonyl (C=O) groups is 1. The Hall–Kier alpha value is -1.69. The van der Waals surface area contributed by atoms with Crippen molar-refractivity contribution in [2.24, 2.45) is 5.92 Å². The van der Waals surface area contributed by atoms with E-state index in [1.807, 2.05) is 0 Å². The minimum absolute atomic E-state index is 0.106. The lowest BCUT2D eigenvalue weighted by molar-refractivity contribution is 0.0956. The van der Waals surface area contributed by atoms with E-state index in [9.17, 15) is 4.79 Å². The summed E-state index contributed by atoms with van der Waals surface area (Å²) in [7, 11) is 0. The molecule has 0 aromatic carbocycles. The Morgan fingerprint density at radius 3 is 2.85 bits per heavy atom. The van der Waals surface area contributed by atoms with Crippen LogP contribution in [0.1, 0.15) is 41.8 Å². The molecular weight excluding hydrogens is 272 g/mol. The van der Waals surface area contributed by atoms with Gasteiger partial charge in [0.1, 0.15) is 15.2 Å². The predicted molar refractivity (Wildman–Crippen MR) is 80.7 cm³/mol. The van der Waals surface area contributed by atoms with Gasteiger partial charge in [0.15, 0.2) is 0 Å². The zero-order chi connectivity index (χ0) is 13.9. The van der Waals surface area contributed by atoms with E-state index in [-0.39, 0.29) is 5.91 Å². The number of hydrogen-bond acceptors (Lipinski definition) is 5. The fourth-order valence-corrected chi connectivity index (χ4v) is 3.72. The Labute approximate surface area is 121 Å². The predicted octanol–water partition coefficient (Wildman–Crippen LogP) is 2.58. The van der Waals surface area contributed by atoms with Crippen molar-refractivity contribution in [1.29, 1.82) is 0 Å². The van der Waals surface area contributed by atoms with Crippen LogP contribution in [0, 0.1) is 5.92 Å². The van der Waals surface area contributed by atoms with Gasteiger partial charge in [-0.2, -0.15) is 0 Å². The Morgan fingerprint density at radius 2 is 2.10 bits per heavy atom. The monoisotopic (exact) mass is 290 g/mol. The quantitative estimate of drug-likeness (QED) is 0.907. The van der Waals surface area contributed by atoms with Gasteiger partial charge in [-0.05, 0) is 12.3 Å². The lowest BCUT2D eigenvalue weighted by Gasteiger charge is -2.09. The van der Waals surface area contributed by atoms with Gasteiger partial charge in [-0.25, -0.2) is 9.97 Å². The third-order valence-corrected chi connectivity index (χ3v) is 4.98. The van der Waals surface area contributed by atoms with Gasteiger partial charge >= 0.3 is 0 Å². The summed E-state index contributed by atoms with van der Waals surface area (Å²) in [6.07, 6.45) is 9.53. The molecule has 1 aliphatic rings. The van der Waals surface area contributed by atoms with E-state index >= 15 is 0 Å². The van der Waals surface area contributed by atoms with Crippen LogP contribution >= 0.6 is 11.3 Å². The fourth-order valence-electron chi connectivity index (χ4n) is 2.78. The summed E-state index contributed by atoms with van der Waals surface area (Å²) in [6.45, 7) is 0.720. The third-order valence-electron chi connectivity index (χ3n) is 3.88. The molecule has 0 aliphatic heterocycles. The highest BCUT2D eigenvalue weighted by Crippen LogP contribution is 2.30. The number of nitrogens with one attached hydrogen (secondary N) is 1. The topological polar surface area (TPSA) is 80.9 Å². The molecule has 0 unspecified atom stereocenters. The molecule has 1 saturated carbocycles. The number of rotatable bonds is 4. The highest BCUT2D eigenvalue weighted by molar-refractivity contribution is 7.21. The SMILES string of the molecule is Nc1c(C(=O)NCCC2CCCC2)sc2nccnc12. The first kappa shape index (κ1) is 13.3. The van der Waals surface area contributed by atoms with E-state index in [0.717, 1.165) is 18.9 Å². The minimum Gasteiger partial charge on any atom is -0.396 e. The molecule has 3 rings (SSSR count). The summed E-state index contributed by atoms with van der Waals surface area (Å²) in [5.41, 5.74) is 7.05. The largest absolute Gasteiger partial charge is 0.396 e. The van der Waals surface area contributed by atoms with E-state index in [4.69, 9.17) is 5.73 Å². The number of aromatic nitrogens is 2. The van der Waals surface area contributed by atoms with E-state index in [2.05, 4.69) is 15.3 Å². The van der Waals surface area contributed by atoms with Crippen LogP contribution in [0.3, 0.4) is 0 Å². The molecule has 0 radical (unpaired) electrons. The molecule has 1 amide bonds. The Bertz CT molecular complexity index is 619. The first-order chi connectivity index (χ1) is 9.75. The number of anilines is 1. The molecule has 2 heterocycles. The van der Waals surface area contributed by atoms with Gasteiger partial charge in [0.2, 0.25) is 0 Å². The molecule has 106 valence electrons. The average Bonchev–Trinajstić information content (AvgIpc) is 3.08. The molecule has 2 aromatic rings. The number of nitrogens with zero attached hydrogens (tertiary/aromatic N) is 2. The maximum Gasteiger partial charge on any atom is 0.263 e. The van der Waals surface area contributed by atoms with Crippen LogP contribution < -0.4 is 11.1 Å². The molecule has 1 aliphatic carbocycles. The summed E-state index contributed by atoms with van der Waals surface area (Å²) in [6, 6.07) is 0. The highest BCUT2D eigenvalue weighted by atomic mass is 32.1. The van der Waals surface area contributed by atoms with Gasteiger partial charge in [-0.1, -0.05) is 25.7 Å². The third kappa shape index (κ3) is 2.60. The van der Waals surface area contributed by atoms with Crippen LogP contribution in [0.4, 0.5) is 5.69 Å². The van der Waals surface area contributed by atoms with Gasteiger partial charge < -0.3 is 11.1 Å². The van der Waals surface area contributed by atoms with Gasteiger partial charge in [-0.15, -0.1) is 11.3 Å². The molecule has 1 fully saturated rings. The molecule has 20 heavy (non-hydrogen) atoms. The van der Waals surface area contributed by atoms with Crippen LogP contribution in [0.15, 0.2) is 12.4 Å². The van der Waals surface area contributed by atoms with Gasteiger partial charge in [-0.3, -0.25) is 4.79 Å². The van der Waals surface area contributed by atoms with Crippen molar-refractivity contribution in [2.75, 3.05) is 12.3 Å². The van der Waals surface area contributed by atoms with Crippen LogP contribution in [0.25, 0.3) is 10.3 Å². The first-order valence-corrected chi connectivity index (χ1v) is 7.84. The van der Waals surface area contributed by atoms with Crippen LogP contribution in [0.2, 0.25) is 0 Å². The van der Waals surface area contributed by atoms with Crippen LogP contribution in [-0.4, -0.2) is 22.4 Å². The van der Waals surface area contributed by atoms with Crippen molar-refractivity contribution < 1.29 is 4.79 Å². The number of nitrogen functional groups attached to an aromatic ring is 1. The summed E-state index contributed by atoms with van der Waals surface area (Å²) >= 11 is 1.30. The van der Waals surface area contributed by atoms with Gasteiger partial charge in [0, 0.05) is 18.9 Å². The van der Waals surface area contributed by atoms with E-state index in [1.54, 1.807) is 12.4 Å². The van der Waals surface area contributed by atoms with Crippen molar-refractivity contribution in [2.45, 2.75) is 32.1 Å². The van der Waals surface area contributed by atoms with Crippen molar-refractivity contribution in [1.82, 2.24) is 15.3 Å². The second-order valence-corrected chi connectivity index (χ2v) is 6.25. The van der Waals surface area contributed by atoms with Crippen LogP contribution in [0.5, 0.6) is 0 Å². The Kier molecular flexibility index (Phi) is 3.82. The number of amides is 1. The maximum atomic E-state index is 12.2. The molecule has 0 spiro atoms. The number of fused-ring (bicyclic) bond motifs is 1. The van der Waals surface area contributed by atoms with Crippen molar-refractivity contribution in [3.05, 3.63) is 17.3 Å². The lowest BCUT2D eigenvalue weighted by Crippen LogP contribution is -2.25. The zero-order valence-corrected chi connectivity index (χ0v) is 12.1. The summed E-state index contributed by atoms with van der Waals surface area (Å²) in [4.78, 5) is 21.8. The maximum absolute atomic E-state index is 12.2. The standard InChI is InChI=1S/C14H18N4OS/c15-10-11-14(18-8-7-16-11)20-12(10)13(19)17-6-5-9-3-1-2-4-9/h7-9H,1-6,15H2,(H,17,19). The molecular formula is C14H18N4OS. The number of thiophene rings is 1. The first-order valence-electron chi connectivity index (χ1n) is 7.03. The summed E-state index contributed by atoms with van der Waals surface area (Å²) in [5, 5.41) is 2.96.